The summed E-state index contributed by atoms with van der Waals surface area (Å²) in [5, 5.41) is 3.47. The first-order chi connectivity index (χ1) is 6.36. The van der Waals surface area contributed by atoms with Crippen molar-refractivity contribution >= 4 is 5.78 Å². The van der Waals surface area contributed by atoms with Crippen LogP contribution < -0.4 is 5.32 Å². The molecule has 0 aromatic heterocycles. The highest BCUT2D eigenvalue weighted by Crippen LogP contribution is 2.31. The van der Waals surface area contributed by atoms with E-state index in [-0.39, 0.29) is 0 Å². The third kappa shape index (κ3) is 2.80. The van der Waals surface area contributed by atoms with Gasteiger partial charge in [-0.25, -0.2) is 0 Å². The van der Waals surface area contributed by atoms with Crippen molar-refractivity contribution in [2.75, 3.05) is 6.54 Å². The minimum Gasteiger partial charge on any atom is -0.314 e. The van der Waals surface area contributed by atoms with Crippen molar-refractivity contribution in [2.24, 2.45) is 5.92 Å². The maximum absolute atomic E-state index is 11.5. The molecule has 1 unspecified atom stereocenters. The minimum absolute atomic E-state index is 0.449. The average molecular weight is 181 g/mol. The van der Waals surface area contributed by atoms with E-state index in [0.717, 1.165) is 25.8 Å². The molecule has 0 radical (unpaired) electrons. The Labute approximate surface area is 80.1 Å². The van der Waals surface area contributed by atoms with Crippen LogP contribution in [0.3, 0.4) is 0 Å². The number of nitrogens with one attached hydrogen (secondary N) is 1. The van der Waals surface area contributed by atoms with Gasteiger partial charge in [0.2, 0.25) is 0 Å². The van der Waals surface area contributed by atoms with Gasteiger partial charge >= 0.3 is 0 Å². The van der Waals surface area contributed by atoms with E-state index in [1.165, 1.54) is 25.7 Å². The van der Waals surface area contributed by atoms with Crippen LogP contribution in [0.2, 0.25) is 0 Å². The fourth-order valence-corrected chi connectivity index (χ4v) is 2.09. The molecule has 1 N–H and O–H groups in total. The molecule has 0 spiro atoms. The molecule has 1 saturated carbocycles. The summed E-state index contributed by atoms with van der Waals surface area (Å²) in [6, 6.07) is 0.496. The van der Waals surface area contributed by atoms with Gasteiger partial charge in [-0.15, -0.1) is 0 Å². The van der Waals surface area contributed by atoms with Crippen LogP contribution in [0.4, 0.5) is 0 Å². The molecule has 0 bridgehead atoms. The van der Waals surface area contributed by atoms with Crippen LogP contribution >= 0.6 is 0 Å². The van der Waals surface area contributed by atoms with Gasteiger partial charge in [-0.3, -0.25) is 4.79 Å². The van der Waals surface area contributed by atoms with Gasteiger partial charge in [-0.2, -0.15) is 0 Å². The molecule has 1 aliphatic heterocycles. The van der Waals surface area contributed by atoms with Gasteiger partial charge in [0.1, 0.15) is 5.78 Å². The minimum atomic E-state index is 0.449. The van der Waals surface area contributed by atoms with Crippen LogP contribution in [0.5, 0.6) is 0 Å². The van der Waals surface area contributed by atoms with E-state index in [2.05, 4.69) is 5.32 Å². The second kappa shape index (κ2) is 4.23. The molecule has 2 nitrogen and oxygen atoms in total. The zero-order valence-corrected chi connectivity index (χ0v) is 8.22. The van der Waals surface area contributed by atoms with E-state index in [4.69, 9.17) is 0 Å². The Kier molecular flexibility index (Phi) is 2.99. The molecule has 2 fully saturated rings. The van der Waals surface area contributed by atoms with E-state index in [0.29, 0.717) is 17.7 Å². The number of ketones is 1. The van der Waals surface area contributed by atoms with E-state index in [1.54, 1.807) is 0 Å². The normalized spacial score (nSPS) is 29.7. The summed E-state index contributed by atoms with van der Waals surface area (Å²) >= 11 is 0. The summed E-state index contributed by atoms with van der Waals surface area (Å²) < 4.78 is 0. The summed E-state index contributed by atoms with van der Waals surface area (Å²) in [6.45, 7) is 1.11. The van der Waals surface area contributed by atoms with Crippen molar-refractivity contribution in [3.63, 3.8) is 0 Å². The lowest BCUT2D eigenvalue weighted by Gasteiger charge is -2.14. The standard InChI is InChI=1S/C11H19NO/c13-11(9-5-6-9)8-10-4-2-1-3-7-12-10/h9-10,12H,1-8H2. The fourth-order valence-electron chi connectivity index (χ4n) is 2.09. The third-order valence-corrected chi connectivity index (χ3v) is 3.14. The molecule has 1 heterocycles. The predicted octanol–water partition coefficient (Wildman–Crippen LogP) is 1.89. The first-order valence-electron chi connectivity index (χ1n) is 5.62. The van der Waals surface area contributed by atoms with Gasteiger partial charge < -0.3 is 5.32 Å². The van der Waals surface area contributed by atoms with Crippen LogP contribution in [-0.4, -0.2) is 18.4 Å². The van der Waals surface area contributed by atoms with Crippen LogP contribution in [-0.2, 0) is 4.79 Å². The van der Waals surface area contributed by atoms with E-state index in [1.807, 2.05) is 0 Å². The van der Waals surface area contributed by atoms with Crippen molar-refractivity contribution in [1.82, 2.24) is 5.32 Å². The Hall–Kier alpha value is -0.370. The van der Waals surface area contributed by atoms with Crippen molar-refractivity contribution in [2.45, 2.75) is 51.0 Å². The van der Waals surface area contributed by atoms with E-state index >= 15 is 0 Å². The summed E-state index contributed by atoms with van der Waals surface area (Å²) in [6.07, 6.45) is 8.24. The molecule has 74 valence electrons. The third-order valence-electron chi connectivity index (χ3n) is 3.14. The molecule has 2 rings (SSSR count). The van der Waals surface area contributed by atoms with Crippen LogP contribution in [0.1, 0.15) is 44.9 Å². The van der Waals surface area contributed by atoms with Gasteiger partial charge in [0.15, 0.2) is 0 Å². The van der Waals surface area contributed by atoms with Crippen LogP contribution in [0, 0.1) is 5.92 Å². The molecule has 1 saturated heterocycles. The lowest BCUT2D eigenvalue weighted by atomic mass is 10.0. The molecule has 0 aromatic carbocycles. The first-order valence-corrected chi connectivity index (χ1v) is 5.62. The molecule has 13 heavy (non-hydrogen) atoms. The van der Waals surface area contributed by atoms with Gasteiger partial charge in [0, 0.05) is 18.4 Å². The number of carbonyl (C=O) groups is 1. The van der Waals surface area contributed by atoms with Crippen molar-refractivity contribution in [1.29, 1.82) is 0 Å². The van der Waals surface area contributed by atoms with Crippen molar-refractivity contribution in [3.8, 4) is 0 Å². The molecule has 0 amide bonds. The Morgan fingerprint density at radius 3 is 2.77 bits per heavy atom. The largest absolute Gasteiger partial charge is 0.314 e. The quantitative estimate of drug-likeness (QED) is 0.720. The highest BCUT2D eigenvalue weighted by molar-refractivity contribution is 5.83. The topological polar surface area (TPSA) is 29.1 Å². The molecule has 0 aromatic rings. The number of hydrogen-bond donors (Lipinski definition) is 1. The smallest absolute Gasteiger partial charge is 0.137 e. The second-order valence-electron chi connectivity index (χ2n) is 4.45. The second-order valence-corrected chi connectivity index (χ2v) is 4.45. The lowest BCUT2D eigenvalue weighted by molar-refractivity contribution is -0.120. The Balaban J connectivity index is 1.74. The molecular weight excluding hydrogens is 162 g/mol. The number of Topliss-reactive ketones (excluding diaryl/α,β-unsaturated/α-hetero) is 1. The molecule has 1 aliphatic carbocycles. The van der Waals surface area contributed by atoms with Gasteiger partial charge in [-0.05, 0) is 32.2 Å². The summed E-state index contributed by atoms with van der Waals surface area (Å²) in [5.41, 5.74) is 0. The fraction of sp³-hybridized carbons (Fsp3) is 0.909. The van der Waals surface area contributed by atoms with Gasteiger partial charge in [0.05, 0.1) is 0 Å². The number of carbonyl (C=O) groups excluding carboxylic acids is 1. The number of rotatable bonds is 3. The zero-order chi connectivity index (χ0) is 9.10. The summed E-state index contributed by atoms with van der Waals surface area (Å²) in [7, 11) is 0. The molecule has 2 heteroatoms. The Bertz CT molecular complexity index is 179. The molecule has 1 atom stereocenters. The SMILES string of the molecule is O=C(CC1CCCCCN1)C1CC1. The predicted molar refractivity (Wildman–Crippen MR) is 52.6 cm³/mol. The van der Waals surface area contributed by atoms with E-state index < -0.39 is 0 Å². The summed E-state index contributed by atoms with van der Waals surface area (Å²) in [5.74, 6) is 0.962. The lowest BCUT2D eigenvalue weighted by Crippen LogP contribution is -2.30. The highest BCUT2D eigenvalue weighted by atomic mass is 16.1. The van der Waals surface area contributed by atoms with E-state index in [9.17, 15) is 4.79 Å². The Morgan fingerprint density at radius 2 is 2.00 bits per heavy atom. The Morgan fingerprint density at radius 1 is 1.15 bits per heavy atom. The van der Waals surface area contributed by atoms with Gasteiger partial charge in [-0.1, -0.05) is 12.8 Å². The first kappa shape index (κ1) is 9.20. The maximum Gasteiger partial charge on any atom is 0.137 e. The average Bonchev–Trinajstić information content (AvgIpc) is 2.92. The zero-order valence-electron chi connectivity index (χ0n) is 8.22. The van der Waals surface area contributed by atoms with Crippen LogP contribution in [0.15, 0.2) is 0 Å². The monoisotopic (exact) mass is 181 g/mol. The van der Waals surface area contributed by atoms with Gasteiger partial charge in [0.25, 0.3) is 0 Å². The number of hydrogen-bond acceptors (Lipinski definition) is 2. The summed E-state index contributed by atoms with van der Waals surface area (Å²) in [4.78, 5) is 11.5. The highest BCUT2D eigenvalue weighted by Gasteiger charge is 2.30. The molecular formula is C11H19NO. The van der Waals surface area contributed by atoms with Crippen LogP contribution in [0.25, 0.3) is 0 Å². The van der Waals surface area contributed by atoms with Crippen molar-refractivity contribution in [3.05, 3.63) is 0 Å². The maximum atomic E-state index is 11.5. The van der Waals surface area contributed by atoms with Crippen molar-refractivity contribution < 1.29 is 4.79 Å². The molecule has 2 aliphatic rings.